The smallest absolute Gasteiger partial charge is 0.184 e. The summed E-state index contributed by atoms with van der Waals surface area (Å²) in [4.78, 5) is 30.5. The first-order chi connectivity index (χ1) is 23.5. The molecule has 0 aliphatic heterocycles. The highest BCUT2D eigenvalue weighted by Crippen LogP contribution is 2.39. The Hall–Kier alpha value is -5.10. The summed E-state index contributed by atoms with van der Waals surface area (Å²) in [5, 5.41) is 0. The van der Waals surface area contributed by atoms with Crippen molar-refractivity contribution in [2.24, 2.45) is 0 Å². The van der Waals surface area contributed by atoms with Crippen molar-refractivity contribution < 1.29 is 14.0 Å². The fraction of sp³-hybridized carbons (Fsp3) is 0.136. The van der Waals surface area contributed by atoms with Crippen molar-refractivity contribution in [1.82, 2.24) is 0 Å². The molecular formula is C44H36O3S2. The summed E-state index contributed by atoms with van der Waals surface area (Å²) in [6.07, 6.45) is 7.83. The van der Waals surface area contributed by atoms with Gasteiger partial charge in [-0.3, -0.25) is 9.59 Å². The van der Waals surface area contributed by atoms with Gasteiger partial charge in [0.2, 0.25) is 0 Å². The van der Waals surface area contributed by atoms with Crippen LogP contribution in [0.4, 0.5) is 0 Å². The number of hydrogen-bond acceptors (Lipinski definition) is 5. The van der Waals surface area contributed by atoms with Gasteiger partial charge in [-0.2, -0.15) is 0 Å². The zero-order valence-electron chi connectivity index (χ0n) is 28.4. The summed E-state index contributed by atoms with van der Waals surface area (Å²) in [5.74, 6) is 1.50. The number of furan rings is 1. The molecule has 0 saturated heterocycles. The lowest BCUT2D eigenvalue weighted by Crippen LogP contribution is -2.07. The number of aryl methyl sites for hydroxylation is 2. The third kappa shape index (κ3) is 6.40. The number of benzene rings is 2. The molecule has 2 aliphatic rings. The largest absolute Gasteiger partial charge is 0.456 e. The Bertz CT molecular complexity index is 2120. The predicted molar refractivity (Wildman–Crippen MR) is 205 cm³/mol. The molecule has 7 rings (SSSR count). The van der Waals surface area contributed by atoms with Crippen LogP contribution in [0.25, 0.3) is 32.0 Å². The topological polar surface area (TPSA) is 47.3 Å². The molecule has 3 aromatic heterocycles. The van der Waals surface area contributed by atoms with E-state index in [2.05, 4.69) is 86.6 Å². The number of thiophene rings is 2. The van der Waals surface area contributed by atoms with Gasteiger partial charge in [-0.05, 0) is 158 Å². The average molecular weight is 677 g/mol. The minimum absolute atomic E-state index is 0.0518. The van der Waals surface area contributed by atoms with Crippen LogP contribution < -0.4 is 0 Å². The molecule has 0 amide bonds. The van der Waals surface area contributed by atoms with Gasteiger partial charge in [-0.1, -0.05) is 48.5 Å². The number of carbonyl (C=O) groups excluding carboxylic acids is 2. The number of ketones is 2. The standard InChI is InChI=1S/C44H36O3S2/c1-25-21-35(22-26(2)43(25)45)41(33-13-9-31(10-14-33)39-19-7-29(5)48-39)37-17-18-38(47-37)42(36-23-27(3)44(46)28(4)24-36)34-15-11-32(12-16-34)40-20-8-30(6)49-40/h7-24H,1-6H3. The van der Waals surface area contributed by atoms with Gasteiger partial charge < -0.3 is 4.42 Å². The summed E-state index contributed by atoms with van der Waals surface area (Å²) in [6, 6.07) is 29.8. The molecule has 242 valence electrons. The Morgan fingerprint density at radius 2 is 0.796 bits per heavy atom. The van der Waals surface area contributed by atoms with Crippen molar-refractivity contribution in [3.8, 4) is 20.9 Å². The van der Waals surface area contributed by atoms with E-state index in [0.29, 0.717) is 33.8 Å². The Labute approximate surface area is 295 Å². The van der Waals surface area contributed by atoms with Crippen molar-refractivity contribution in [1.29, 1.82) is 0 Å². The molecule has 49 heavy (non-hydrogen) atoms. The first-order valence-corrected chi connectivity index (χ1v) is 18.0. The highest BCUT2D eigenvalue weighted by Gasteiger charge is 2.23. The lowest BCUT2D eigenvalue weighted by atomic mass is 9.89. The van der Waals surface area contributed by atoms with Gasteiger partial charge in [0.25, 0.3) is 0 Å². The van der Waals surface area contributed by atoms with Crippen molar-refractivity contribution >= 4 is 45.4 Å². The maximum atomic E-state index is 12.8. The predicted octanol–water partition coefficient (Wildman–Crippen LogP) is 11.9. The van der Waals surface area contributed by atoms with Gasteiger partial charge >= 0.3 is 0 Å². The number of carbonyl (C=O) groups is 2. The number of hydrogen-bond donors (Lipinski definition) is 0. The lowest BCUT2D eigenvalue weighted by molar-refractivity contribution is -0.113. The molecule has 0 unspecified atom stereocenters. The highest BCUT2D eigenvalue weighted by molar-refractivity contribution is 7.15. The molecule has 2 aliphatic carbocycles. The van der Waals surface area contributed by atoms with E-state index < -0.39 is 0 Å². The molecule has 0 saturated carbocycles. The molecule has 0 N–H and O–H groups in total. The van der Waals surface area contributed by atoms with Crippen molar-refractivity contribution in [3.05, 3.63) is 175 Å². The molecule has 0 spiro atoms. The van der Waals surface area contributed by atoms with Gasteiger partial charge in [0, 0.05) is 30.7 Å². The van der Waals surface area contributed by atoms with Gasteiger partial charge in [0.05, 0.1) is 0 Å². The number of rotatable bonds is 6. The Morgan fingerprint density at radius 1 is 0.449 bits per heavy atom. The maximum Gasteiger partial charge on any atom is 0.184 e. The van der Waals surface area contributed by atoms with E-state index in [1.807, 2.05) is 64.1 Å². The van der Waals surface area contributed by atoms with Crippen LogP contribution in [0.1, 0.15) is 60.1 Å². The monoisotopic (exact) mass is 676 g/mol. The molecule has 0 bridgehead atoms. The number of Topliss-reactive ketones (excluding diaryl/α,β-unsaturated/α-hetero) is 2. The van der Waals surface area contributed by atoms with Crippen LogP contribution in [0.3, 0.4) is 0 Å². The first-order valence-electron chi connectivity index (χ1n) is 16.3. The van der Waals surface area contributed by atoms with Crippen molar-refractivity contribution in [2.45, 2.75) is 41.5 Å². The van der Waals surface area contributed by atoms with E-state index in [4.69, 9.17) is 4.42 Å². The second-order valence-electron chi connectivity index (χ2n) is 12.8. The third-order valence-electron chi connectivity index (χ3n) is 8.99. The van der Waals surface area contributed by atoms with Crippen molar-refractivity contribution in [2.75, 3.05) is 0 Å². The molecule has 3 heterocycles. The van der Waals surface area contributed by atoms with E-state index in [1.54, 1.807) is 22.7 Å². The van der Waals surface area contributed by atoms with Crippen LogP contribution in [0.15, 0.2) is 147 Å². The molecule has 3 nitrogen and oxygen atoms in total. The third-order valence-corrected chi connectivity index (χ3v) is 11.1. The normalized spacial score (nSPS) is 14.8. The molecule has 0 atom stereocenters. The molecular weight excluding hydrogens is 641 g/mol. The Morgan fingerprint density at radius 3 is 1.10 bits per heavy atom. The van der Waals surface area contributed by atoms with Crippen LogP contribution >= 0.6 is 22.7 Å². The number of allylic oxidation sites excluding steroid dienone is 10. The summed E-state index contributed by atoms with van der Waals surface area (Å²) < 4.78 is 6.86. The molecule has 0 fully saturated rings. The molecule has 2 aromatic carbocycles. The minimum Gasteiger partial charge on any atom is -0.456 e. The Kier molecular flexibility index (Phi) is 8.66. The van der Waals surface area contributed by atoms with Gasteiger partial charge in [0.15, 0.2) is 11.6 Å². The highest BCUT2D eigenvalue weighted by atomic mass is 32.1. The second-order valence-corrected chi connectivity index (χ2v) is 15.3. The van der Waals surface area contributed by atoms with Crippen LogP contribution in [0.2, 0.25) is 0 Å². The molecule has 5 aromatic rings. The first kappa shape index (κ1) is 32.4. The molecule has 0 radical (unpaired) electrons. The van der Waals surface area contributed by atoms with Crippen LogP contribution in [-0.2, 0) is 9.59 Å². The van der Waals surface area contributed by atoms with Crippen LogP contribution in [0, 0.1) is 13.8 Å². The van der Waals surface area contributed by atoms with E-state index in [0.717, 1.165) is 44.5 Å². The summed E-state index contributed by atoms with van der Waals surface area (Å²) in [7, 11) is 0. The van der Waals surface area contributed by atoms with E-state index in [1.165, 1.54) is 19.5 Å². The fourth-order valence-corrected chi connectivity index (χ4v) is 8.23. The zero-order valence-corrected chi connectivity index (χ0v) is 30.1. The SMILES string of the molecule is CC1=CC(=C(c2ccc(-c3ccc(C)s3)cc2)c2ccc(C(=C3C=C(C)C(=O)C(C)=C3)c3ccc(-c4ccc(C)s4)cc3)o2)C=C(C)C1=O. The van der Waals surface area contributed by atoms with E-state index in [-0.39, 0.29) is 11.6 Å². The summed E-state index contributed by atoms with van der Waals surface area (Å²) >= 11 is 3.55. The van der Waals surface area contributed by atoms with Gasteiger partial charge in [-0.25, -0.2) is 0 Å². The lowest BCUT2D eigenvalue weighted by Gasteiger charge is -2.16. The average Bonchev–Trinajstić information content (AvgIpc) is 3.85. The fourth-order valence-electron chi connectivity index (χ4n) is 6.48. The Balaban J connectivity index is 1.38. The summed E-state index contributed by atoms with van der Waals surface area (Å²) in [5.41, 5.74) is 10.8. The van der Waals surface area contributed by atoms with E-state index >= 15 is 0 Å². The van der Waals surface area contributed by atoms with Gasteiger partial charge in [-0.15, -0.1) is 22.7 Å². The molecule has 5 heteroatoms. The van der Waals surface area contributed by atoms with Crippen LogP contribution in [0.5, 0.6) is 0 Å². The van der Waals surface area contributed by atoms with Gasteiger partial charge in [0.1, 0.15) is 11.5 Å². The zero-order chi connectivity index (χ0) is 34.4. The maximum absolute atomic E-state index is 12.8. The van der Waals surface area contributed by atoms with Crippen molar-refractivity contribution in [3.63, 3.8) is 0 Å². The van der Waals surface area contributed by atoms with Crippen LogP contribution in [-0.4, -0.2) is 11.6 Å². The summed E-state index contributed by atoms with van der Waals surface area (Å²) in [6.45, 7) is 11.7. The second kappa shape index (κ2) is 13.1. The minimum atomic E-state index is 0.0518. The van der Waals surface area contributed by atoms with E-state index in [9.17, 15) is 9.59 Å². The quantitative estimate of drug-likeness (QED) is 0.180.